The van der Waals surface area contributed by atoms with E-state index in [2.05, 4.69) is 20.6 Å². The number of benzene rings is 1. The number of amides is 2. The number of nitrogens with zero attached hydrogens (tertiary/aromatic N) is 2. The molecule has 3 N–H and O–H groups in total. The van der Waals surface area contributed by atoms with Gasteiger partial charge < -0.3 is 20.5 Å². The van der Waals surface area contributed by atoms with E-state index in [4.69, 9.17) is 11.6 Å². The maximum atomic E-state index is 12.7. The number of carbonyl (C=O) groups is 2. The fraction of sp³-hybridized carbons (Fsp3) is 0.389. The third-order valence-electron chi connectivity index (χ3n) is 4.90. The van der Waals surface area contributed by atoms with Crippen molar-refractivity contribution in [3.8, 4) is 0 Å². The molecule has 4 rings (SSSR count). The first-order chi connectivity index (χ1) is 12.6. The summed E-state index contributed by atoms with van der Waals surface area (Å²) in [6, 6.07) is 7.62. The molecule has 0 radical (unpaired) electrons. The quantitative estimate of drug-likeness (QED) is 0.737. The molecule has 8 heteroatoms. The first kappa shape index (κ1) is 17.1. The fourth-order valence-electron chi connectivity index (χ4n) is 3.45. The smallest absolute Gasteiger partial charge is 0.289 e. The van der Waals surface area contributed by atoms with Crippen LogP contribution in [-0.4, -0.2) is 59.4 Å². The molecule has 1 saturated heterocycles. The second-order valence-electron chi connectivity index (χ2n) is 6.62. The zero-order valence-corrected chi connectivity index (χ0v) is 15.0. The summed E-state index contributed by atoms with van der Waals surface area (Å²) in [5.74, 6) is -0.0636. The number of hydrogen-bond acceptors (Lipinski definition) is 4. The van der Waals surface area contributed by atoms with Gasteiger partial charge in [-0.25, -0.2) is 4.98 Å². The first-order valence-electron chi connectivity index (χ1n) is 8.74. The Labute approximate surface area is 156 Å². The summed E-state index contributed by atoms with van der Waals surface area (Å²) in [5.41, 5.74) is 2.12. The molecule has 26 heavy (non-hydrogen) atoms. The van der Waals surface area contributed by atoms with Gasteiger partial charge in [0.2, 0.25) is 0 Å². The van der Waals surface area contributed by atoms with Crippen LogP contribution in [0.2, 0.25) is 5.02 Å². The van der Waals surface area contributed by atoms with Gasteiger partial charge in [-0.3, -0.25) is 9.59 Å². The molecule has 1 aromatic carbocycles. The summed E-state index contributed by atoms with van der Waals surface area (Å²) >= 11 is 5.97. The SMILES string of the molecule is O=C1NCC(c2ccc(Cl)cc2)Cc2[nH]c(C(=O)N3CCNCC3)nc21. The lowest BCUT2D eigenvalue weighted by atomic mass is 9.94. The fourth-order valence-corrected chi connectivity index (χ4v) is 3.58. The second-order valence-corrected chi connectivity index (χ2v) is 7.05. The highest BCUT2D eigenvalue weighted by molar-refractivity contribution is 6.30. The Kier molecular flexibility index (Phi) is 4.65. The average Bonchev–Trinajstić information content (AvgIpc) is 3.03. The number of piperazine rings is 1. The van der Waals surface area contributed by atoms with Gasteiger partial charge in [0.05, 0.1) is 0 Å². The molecule has 7 nitrogen and oxygen atoms in total. The summed E-state index contributed by atoms with van der Waals surface area (Å²) in [6.07, 6.45) is 0.609. The number of H-pyrrole nitrogens is 1. The molecule has 1 aromatic heterocycles. The topological polar surface area (TPSA) is 90.1 Å². The minimum absolute atomic E-state index is 0.0973. The Balaban J connectivity index is 1.59. The zero-order chi connectivity index (χ0) is 18.1. The Morgan fingerprint density at radius 3 is 2.65 bits per heavy atom. The second kappa shape index (κ2) is 7.09. The van der Waals surface area contributed by atoms with Gasteiger partial charge in [-0.15, -0.1) is 0 Å². The summed E-state index contributed by atoms with van der Waals surface area (Å²) in [7, 11) is 0. The molecule has 1 atom stereocenters. The van der Waals surface area contributed by atoms with Crippen molar-refractivity contribution in [2.75, 3.05) is 32.7 Å². The number of rotatable bonds is 2. The van der Waals surface area contributed by atoms with Gasteiger partial charge in [0, 0.05) is 49.4 Å². The third-order valence-corrected chi connectivity index (χ3v) is 5.15. The van der Waals surface area contributed by atoms with Crippen LogP contribution in [0.25, 0.3) is 0 Å². The van der Waals surface area contributed by atoms with E-state index in [1.165, 1.54) is 0 Å². The van der Waals surface area contributed by atoms with Crippen LogP contribution in [0, 0.1) is 0 Å². The van der Waals surface area contributed by atoms with E-state index in [0.29, 0.717) is 42.5 Å². The number of imidazole rings is 1. The van der Waals surface area contributed by atoms with E-state index in [1.807, 2.05) is 24.3 Å². The molecule has 0 bridgehead atoms. The van der Waals surface area contributed by atoms with Crippen LogP contribution in [0.5, 0.6) is 0 Å². The molecule has 1 fully saturated rings. The van der Waals surface area contributed by atoms with Crippen LogP contribution in [0.15, 0.2) is 24.3 Å². The predicted octanol–water partition coefficient (Wildman–Crippen LogP) is 1.18. The van der Waals surface area contributed by atoms with Crippen molar-refractivity contribution in [3.05, 3.63) is 52.1 Å². The number of nitrogens with one attached hydrogen (secondary N) is 3. The normalized spacial score (nSPS) is 20.3. The number of aromatic amines is 1. The molecule has 0 spiro atoms. The molecular formula is C18H20ClN5O2. The summed E-state index contributed by atoms with van der Waals surface area (Å²) < 4.78 is 0. The van der Waals surface area contributed by atoms with Crippen LogP contribution >= 0.6 is 11.6 Å². The monoisotopic (exact) mass is 373 g/mol. The Hall–Kier alpha value is -2.38. The average molecular weight is 374 g/mol. The van der Waals surface area contributed by atoms with Crippen LogP contribution in [-0.2, 0) is 6.42 Å². The lowest BCUT2D eigenvalue weighted by Gasteiger charge is -2.26. The van der Waals surface area contributed by atoms with Crippen LogP contribution in [0.4, 0.5) is 0 Å². The van der Waals surface area contributed by atoms with E-state index < -0.39 is 0 Å². The predicted molar refractivity (Wildman–Crippen MR) is 97.6 cm³/mol. The minimum Gasteiger partial charge on any atom is -0.350 e. The van der Waals surface area contributed by atoms with Gasteiger partial charge in [0.25, 0.3) is 11.8 Å². The molecule has 1 unspecified atom stereocenters. The molecule has 2 aromatic rings. The largest absolute Gasteiger partial charge is 0.350 e. The van der Waals surface area contributed by atoms with Gasteiger partial charge in [0.1, 0.15) is 5.69 Å². The summed E-state index contributed by atoms with van der Waals surface area (Å²) in [5, 5.41) is 6.80. The van der Waals surface area contributed by atoms with Crippen molar-refractivity contribution in [1.29, 1.82) is 0 Å². The highest BCUT2D eigenvalue weighted by atomic mass is 35.5. The maximum Gasteiger partial charge on any atom is 0.289 e. The van der Waals surface area contributed by atoms with Gasteiger partial charge in [-0.1, -0.05) is 23.7 Å². The number of halogens is 1. The van der Waals surface area contributed by atoms with Gasteiger partial charge in [0.15, 0.2) is 5.82 Å². The summed E-state index contributed by atoms with van der Waals surface area (Å²) in [6.45, 7) is 3.34. The van der Waals surface area contributed by atoms with Crippen molar-refractivity contribution in [2.24, 2.45) is 0 Å². The maximum absolute atomic E-state index is 12.7. The Morgan fingerprint density at radius 2 is 1.92 bits per heavy atom. The number of aromatic nitrogens is 2. The summed E-state index contributed by atoms with van der Waals surface area (Å²) in [4.78, 5) is 34.2. The van der Waals surface area contributed by atoms with E-state index >= 15 is 0 Å². The molecule has 136 valence electrons. The van der Waals surface area contributed by atoms with E-state index in [9.17, 15) is 9.59 Å². The lowest BCUT2D eigenvalue weighted by Crippen LogP contribution is -2.46. The zero-order valence-electron chi connectivity index (χ0n) is 14.2. The van der Waals surface area contributed by atoms with Gasteiger partial charge in [-0.05, 0) is 24.1 Å². The third kappa shape index (κ3) is 3.32. The molecule has 2 amide bonds. The number of carbonyl (C=O) groups excluding carboxylic acids is 2. The van der Waals surface area contributed by atoms with E-state index in [0.717, 1.165) is 18.7 Å². The number of hydrogen-bond donors (Lipinski definition) is 3. The van der Waals surface area contributed by atoms with E-state index in [-0.39, 0.29) is 23.6 Å². The van der Waals surface area contributed by atoms with Crippen molar-refractivity contribution in [1.82, 2.24) is 25.5 Å². The highest BCUT2D eigenvalue weighted by Crippen LogP contribution is 2.25. The molecule has 2 aliphatic heterocycles. The van der Waals surface area contributed by atoms with Gasteiger partial charge in [-0.2, -0.15) is 0 Å². The van der Waals surface area contributed by atoms with Crippen molar-refractivity contribution in [2.45, 2.75) is 12.3 Å². The minimum atomic E-state index is -0.243. The molecule has 3 heterocycles. The van der Waals surface area contributed by atoms with Crippen molar-refractivity contribution < 1.29 is 9.59 Å². The number of fused-ring (bicyclic) bond motifs is 1. The molecule has 0 saturated carbocycles. The van der Waals surface area contributed by atoms with Crippen LogP contribution in [0.1, 0.15) is 38.3 Å². The van der Waals surface area contributed by atoms with Crippen molar-refractivity contribution >= 4 is 23.4 Å². The van der Waals surface area contributed by atoms with Crippen molar-refractivity contribution in [3.63, 3.8) is 0 Å². The van der Waals surface area contributed by atoms with Crippen LogP contribution < -0.4 is 10.6 Å². The van der Waals surface area contributed by atoms with Gasteiger partial charge >= 0.3 is 0 Å². The molecular weight excluding hydrogens is 354 g/mol. The first-order valence-corrected chi connectivity index (χ1v) is 9.12. The standard InChI is InChI=1S/C18H20ClN5O2/c19-13-3-1-11(2-4-13)12-9-14-15(17(25)21-10-12)23-16(22-14)18(26)24-7-5-20-6-8-24/h1-4,12,20H,5-10H2,(H,21,25)(H,22,23). The Morgan fingerprint density at radius 1 is 1.19 bits per heavy atom. The lowest BCUT2D eigenvalue weighted by molar-refractivity contribution is 0.0724. The Bertz CT molecular complexity index is 827. The van der Waals surface area contributed by atoms with Crippen LogP contribution in [0.3, 0.4) is 0 Å². The van der Waals surface area contributed by atoms with E-state index in [1.54, 1.807) is 4.90 Å². The molecule has 2 aliphatic rings. The molecule has 0 aliphatic carbocycles. The highest BCUT2D eigenvalue weighted by Gasteiger charge is 2.29.